The van der Waals surface area contributed by atoms with Gasteiger partial charge in [0, 0.05) is 11.1 Å². The molecule has 0 saturated carbocycles. The van der Waals surface area contributed by atoms with E-state index >= 15 is 0 Å². The van der Waals surface area contributed by atoms with Gasteiger partial charge in [-0.25, -0.2) is 4.98 Å². The zero-order valence-electron chi connectivity index (χ0n) is 11.8. The molecule has 3 aromatic rings. The first-order chi connectivity index (χ1) is 10.3. The minimum Gasteiger partial charge on any atom is -0.497 e. The maximum atomic E-state index is 5.86. The van der Waals surface area contributed by atoms with Crippen molar-refractivity contribution in [1.82, 2.24) is 4.98 Å². The lowest BCUT2D eigenvalue weighted by molar-refractivity contribution is 0.415. The van der Waals surface area contributed by atoms with E-state index in [1.165, 1.54) is 0 Å². The molecule has 0 atom stereocenters. The van der Waals surface area contributed by atoms with Crippen molar-refractivity contribution in [2.45, 2.75) is 0 Å². The molecule has 104 valence electrons. The van der Waals surface area contributed by atoms with Gasteiger partial charge in [0.25, 0.3) is 0 Å². The molecule has 21 heavy (non-hydrogen) atoms. The number of pyridine rings is 1. The summed E-state index contributed by atoms with van der Waals surface area (Å²) in [7, 11) is 1.66. The quantitative estimate of drug-likeness (QED) is 0.786. The zero-order chi connectivity index (χ0) is 14.7. The third-order valence-corrected chi connectivity index (χ3v) is 3.37. The van der Waals surface area contributed by atoms with E-state index in [1.54, 1.807) is 7.11 Å². The molecular formula is C18H16N2O. The molecule has 0 unspecified atom stereocenters. The standard InChI is InChI=1S/C18H16N2O/c1-21-15-9-7-14(8-10-15)18-16(11-12-17(19)20-18)13-5-3-2-4-6-13/h2-12H,1H3,(H2,19,20). The molecule has 0 radical (unpaired) electrons. The lowest BCUT2D eigenvalue weighted by Crippen LogP contribution is -1.95. The summed E-state index contributed by atoms with van der Waals surface area (Å²) in [6.07, 6.45) is 0. The maximum Gasteiger partial charge on any atom is 0.124 e. The van der Waals surface area contributed by atoms with Crippen LogP contribution in [0.5, 0.6) is 5.75 Å². The van der Waals surface area contributed by atoms with E-state index < -0.39 is 0 Å². The van der Waals surface area contributed by atoms with Gasteiger partial charge in [0.05, 0.1) is 12.8 Å². The van der Waals surface area contributed by atoms with Gasteiger partial charge in [-0.3, -0.25) is 0 Å². The fraction of sp³-hybridized carbons (Fsp3) is 0.0556. The van der Waals surface area contributed by atoms with Crippen LogP contribution in [0.15, 0.2) is 66.7 Å². The summed E-state index contributed by atoms with van der Waals surface area (Å²) in [5, 5.41) is 0. The Morgan fingerprint density at radius 3 is 2.19 bits per heavy atom. The molecule has 0 aliphatic heterocycles. The van der Waals surface area contributed by atoms with Gasteiger partial charge in [-0.2, -0.15) is 0 Å². The average molecular weight is 276 g/mol. The fourth-order valence-electron chi connectivity index (χ4n) is 2.29. The highest BCUT2D eigenvalue weighted by Crippen LogP contribution is 2.32. The second-order valence-electron chi connectivity index (χ2n) is 4.73. The van der Waals surface area contributed by atoms with E-state index in [0.717, 1.165) is 28.1 Å². The number of hydrogen-bond donors (Lipinski definition) is 1. The monoisotopic (exact) mass is 276 g/mol. The average Bonchev–Trinajstić information content (AvgIpc) is 2.56. The van der Waals surface area contributed by atoms with E-state index in [0.29, 0.717) is 5.82 Å². The Bertz CT molecular complexity index is 737. The van der Waals surface area contributed by atoms with Crippen molar-refractivity contribution in [3.63, 3.8) is 0 Å². The Balaban J connectivity index is 2.14. The molecule has 0 fully saturated rings. The highest BCUT2D eigenvalue weighted by Gasteiger charge is 2.09. The van der Waals surface area contributed by atoms with Gasteiger partial charge < -0.3 is 10.5 Å². The Kier molecular flexibility index (Phi) is 3.56. The Morgan fingerprint density at radius 2 is 1.52 bits per heavy atom. The van der Waals surface area contributed by atoms with E-state index in [9.17, 15) is 0 Å². The minimum atomic E-state index is 0.514. The van der Waals surface area contributed by atoms with Gasteiger partial charge in [0.15, 0.2) is 0 Å². The van der Waals surface area contributed by atoms with E-state index in [1.807, 2.05) is 54.6 Å². The Labute approximate surface area is 124 Å². The highest BCUT2D eigenvalue weighted by molar-refractivity contribution is 5.81. The fourth-order valence-corrected chi connectivity index (χ4v) is 2.29. The molecule has 0 spiro atoms. The van der Waals surface area contributed by atoms with Crippen LogP contribution < -0.4 is 10.5 Å². The lowest BCUT2D eigenvalue weighted by atomic mass is 9.99. The molecule has 1 heterocycles. The number of ether oxygens (including phenoxy) is 1. The predicted molar refractivity (Wildman–Crippen MR) is 86.1 cm³/mol. The molecular weight excluding hydrogens is 260 g/mol. The molecule has 2 aromatic carbocycles. The largest absolute Gasteiger partial charge is 0.497 e. The normalized spacial score (nSPS) is 10.3. The number of rotatable bonds is 3. The summed E-state index contributed by atoms with van der Waals surface area (Å²) < 4.78 is 5.20. The third kappa shape index (κ3) is 2.72. The molecule has 3 heteroatoms. The number of nitrogens with zero attached hydrogens (tertiary/aromatic N) is 1. The summed E-state index contributed by atoms with van der Waals surface area (Å²) in [4.78, 5) is 4.51. The summed E-state index contributed by atoms with van der Waals surface area (Å²) in [6, 6.07) is 21.9. The molecule has 0 aliphatic rings. The van der Waals surface area contributed by atoms with Crippen LogP contribution in [-0.2, 0) is 0 Å². The number of benzene rings is 2. The number of methoxy groups -OCH3 is 1. The van der Waals surface area contributed by atoms with Gasteiger partial charge in [-0.15, -0.1) is 0 Å². The van der Waals surface area contributed by atoms with Crippen LogP contribution in [0.2, 0.25) is 0 Å². The molecule has 0 bridgehead atoms. The van der Waals surface area contributed by atoms with Crippen molar-refractivity contribution in [2.24, 2.45) is 0 Å². The molecule has 2 N–H and O–H groups in total. The molecule has 3 nitrogen and oxygen atoms in total. The summed E-state index contributed by atoms with van der Waals surface area (Å²) in [5.41, 5.74) is 9.94. The zero-order valence-corrected chi connectivity index (χ0v) is 11.8. The maximum absolute atomic E-state index is 5.86. The number of nitrogens with two attached hydrogens (primary N) is 1. The lowest BCUT2D eigenvalue weighted by Gasteiger charge is -2.10. The number of nitrogen functional groups attached to an aromatic ring is 1. The molecule has 0 saturated heterocycles. The molecule has 3 rings (SSSR count). The molecule has 1 aromatic heterocycles. The highest BCUT2D eigenvalue weighted by atomic mass is 16.5. The van der Waals surface area contributed by atoms with Gasteiger partial charge in [-0.05, 0) is 42.0 Å². The summed E-state index contributed by atoms with van der Waals surface area (Å²) in [6.45, 7) is 0. The Morgan fingerprint density at radius 1 is 0.810 bits per heavy atom. The van der Waals surface area contributed by atoms with Crippen molar-refractivity contribution >= 4 is 5.82 Å². The second kappa shape index (κ2) is 5.67. The van der Waals surface area contributed by atoms with Crippen molar-refractivity contribution in [1.29, 1.82) is 0 Å². The van der Waals surface area contributed by atoms with Crippen LogP contribution in [0.3, 0.4) is 0 Å². The van der Waals surface area contributed by atoms with Gasteiger partial charge >= 0.3 is 0 Å². The van der Waals surface area contributed by atoms with Crippen LogP contribution in [-0.4, -0.2) is 12.1 Å². The van der Waals surface area contributed by atoms with E-state index in [-0.39, 0.29) is 0 Å². The summed E-state index contributed by atoms with van der Waals surface area (Å²) >= 11 is 0. The van der Waals surface area contributed by atoms with Crippen LogP contribution in [0.4, 0.5) is 5.82 Å². The number of aromatic nitrogens is 1. The SMILES string of the molecule is COc1ccc(-c2nc(N)ccc2-c2ccccc2)cc1. The van der Waals surface area contributed by atoms with Crippen molar-refractivity contribution in [3.05, 3.63) is 66.7 Å². The number of anilines is 1. The van der Waals surface area contributed by atoms with Gasteiger partial charge in [0.1, 0.15) is 11.6 Å². The smallest absolute Gasteiger partial charge is 0.124 e. The third-order valence-electron chi connectivity index (χ3n) is 3.37. The molecule has 0 amide bonds. The van der Waals surface area contributed by atoms with Crippen molar-refractivity contribution in [3.8, 4) is 28.1 Å². The van der Waals surface area contributed by atoms with Crippen LogP contribution >= 0.6 is 0 Å². The van der Waals surface area contributed by atoms with Gasteiger partial charge in [0.2, 0.25) is 0 Å². The van der Waals surface area contributed by atoms with Crippen molar-refractivity contribution in [2.75, 3.05) is 12.8 Å². The first kappa shape index (κ1) is 13.2. The van der Waals surface area contributed by atoms with Crippen LogP contribution in [0.25, 0.3) is 22.4 Å². The van der Waals surface area contributed by atoms with Gasteiger partial charge in [-0.1, -0.05) is 30.3 Å². The van der Waals surface area contributed by atoms with E-state index in [2.05, 4.69) is 17.1 Å². The summed E-state index contributed by atoms with van der Waals surface area (Å²) in [5.74, 6) is 1.34. The first-order valence-electron chi connectivity index (χ1n) is 6.74. The topological polar surface area (TPSA) is 48.1 Å². The van der Waals surface area contributed by atoms with Crippen molar-refractivity contribution < 1.29 is 4.74 Å². The second-order valence-corrected chi connectivity index (χ2v) is 4.73. The van der Waals surface area contributed by atoms with E-state index in [4.69, 9.17) is 10.5 Å². The van der Waals surface area contributed by atoms with Crippen LogP contribution in [0.1, 0.15) is 0 Å². The predicted octanol–water partition coefficient (Wildman–Crippen LogP) is 4.01. The molecule has 0 aliphatic carbocycles. The van der Waals surface area contributed by atoms with Crippen LogP contribution in [0, 0.1) is 0 Å². The Hall–Kier alpha value is -2.81. The first-order valence-corrected chi connectivity index (χ1v) is 6.74. The number of hydrogen-bond acceptors (Lipinski definition) is 3. The minimum absolute atomic E-state index is 0.514.